The van der Waals surface area contributed by atoms with Gasteiger partial charge < -0.3 is 0 Å². The number of nitrogens with one attached hydrogen (secondary N) is 1. The van der Waals surface area contributed by atoms with E-state index >= 15 is 0 Å². The van der Waals surface area contributed by atoms with Crippen molar-refractivity contribution in [3.8, 4) is 0 Å². The Morgan fingerprint density at radius 2 is 1.86 bits per heavy atom. The first kappa shape index (κ1) is 15.5. The molecule has 114 valence electrons. The minimum absolute atomic E-state index is 0.0496. The zero-order valence-corrected chi connectivity index (χ0v) is 13.5. The summed E-state index contributed by atoms with van der Waals surface area (Å²) in [6, 6.07) is 6.55. The Labute approximate surface area is 124 Å². The minimum atomic E-state index is -3.76. The fraction of sp³-hybridized carbons (Fsp3) is 0.250. The largest absolute Gasteiger partial charge is 0.277 e. The summed E-state index contributed by atoms with van der Waals surface area (Å²) in [5.74, 6) is 0. The first-order chi connectivity index (χ1) is 9.67. The second-order valence-corrected chi connectivity index (χ2v) is 8.97. The molecule has 0 saturated carbocycles. The van der Waals surface area contributed by atoms with Crippen LogP contribution in [0.3, 0.4) is 0 Å². The van der Waals surface area contributed by atoms with Gasteiger partial charge in [-0.3, -0.25) is 9.40 Å². The zero-order valence-electron chi connectivity index (χ0n) is 11.8. The van der Waals surface area contributed by atoms with Crippen LogP contribution in [-0.4, -0.2) is 34.9 Å². The lowest BCUT2D eigenvalue weighted by molar-refractivity contribution is 0.601. The van der Waals surface area contributed by atoms with Crippen molar-refractivity contribution in [1.82, 2.24) is 9.78 Å². The molecular weight excluding hydrogens is 312 g/mol. The number of nitrogens with zero attached hydrogens (tertiary/aromatic N) is 3. The molecule has 2 rings (SSSR count). The Kier molecular flexibility index (Phi) is 4.06. The number of hydrogen-bond donors (Lipinski definition) is 1. The van der Waals surface area contributed by atoms with Gasteiger partial charge in [-0.05, 0) is 12.1 Å². The molecule has 0 aliphatic rings. The van der Waals surface area contributed by atoms with Crippen LogP contribution in [0.5, 0.6) is 0 Å². The molecule has 0 amide bonds. The number of para-hydroxylation sites is 1. The van der Waals surface area contributed by atoms with Crippen LogP contribution in [-0.2, 0) is 26.8 Å². The Morgan fingerprint density at radius 1 is 1.19 bits per heavy atom. The quantitative estimate of drug-likeness (QED) is 0.922. The Hall–Kier alpha value is -1.87. The number of anilines is 1. The van der Waals surface area contributed by atoms with Crippen molar-refractivity contribution in [1.29, 1.82) is 0 Å². The lowest BCUT2D eigenvalue weighted by atomic mass is 10.3. The molecule has 1 N–H and O–H groups in total. The van der Waals surface area contributed by atoms with Crippen molar-refractivity contribution in [3.05, 3.63) is 36.7 Å². The summed E-state index contributed by atoms with van der Waals surface area (Å²) in [5.41, 5.74) is 0.609. The van der Waals surface area contributed by atoms with Crippen LogP contribution in [0.15, 0.2) is 45.9 Å². The molecule has 1 heterocycles. The maximum atomic E-state index is 12.3. The van der Waals surface area contributed by atoms with Crippen molar-refractivity contribution in [2.75, 3.05) is 17.2 Å². The predicted molar refractivity (Wildman–Crippen MR) is 82.5 cm³/mol. The number of aryl methyl sites for hydroxylation is 1. The summed E-state index contributed by atoms with van der Waals surface area (Å²) in [6.45, 7) is 0. The Balaban J connectivity index is 2.43. The van der Waals surface area contributed by atoms with E-state index in [2.05, 4.69) is 14.2 Å². The summed E-state index contributed by atoms with van der Waals surface area (Å²) in [5, 5.41) is 3.83. The summed E-state index contributed by atoms with van der Waals surface area (Å²) < 4.78 is 44.2. The van der Waals surface area contributed by atoms with Gasteiger partial charge in [0.25, 0.3) is 10.0 Å². The number of rotatable bonds is 4. The van der Waals surface area contributed by atoms with Gasteiger partial charge in [-0.2, -0.15) is 9.46 Å². The third-order valence-electron chi connectivity index (χ3n) is 2.46. The molecule has 0 bridgehead atoms. The first-order valence-electron chi connectivity index (χ1n) is 5.95. The van der Waals surface area contributed by atoms with E-state index in [4.69, 9.17) is 0 Å². The van der Waals surface area contributed by atoms with Gasteiger partial charge in [-0.25, -0.2) is 12.6 Å². The van der Waals surface area contributed by atoms with Crippen molar-refractivity contribution in [3.63, 3.8) is 0 Å². The molecule has 1 aromatic carbocycles. The van der Waals surface area contributed by atoms with Gasteiger partial charge in [-0.15, -0.1) is 0 Å². The molecule has 0 spiro atoms. The molecule has 0 radical (unpaired) electrons. The monoisotopic (exact) mass is 328 g/mol. The lowest BCUT2D eigenvalue weighted by Gasteiger charge is -2.09. The number of sulfonamides is 1. The van der Waals surface area contributed by atoms with Crippen molar-refractivity contribution >= 4 is 31.1 Å². The van der Waals surface area contributed by atoms with E-state index < -0.39 is 19.8 Å². The van der Waals surface area contributed by atoms with E-state index in [-0.39, 0.29) is 10.6 Å². The van der Waals surface area contributed by atoms with E-state index in [9.17, 15) is 12.6 Å². The number of benzene rings is 1. The van der Waals surface area contributed by atoms with Gasteiger partial charge in [0.1, 0.15) is 4.90 Å². The van der Waals surface area contributed by atoms with Crippen molar-refractivity contribution < 1.29 is 12.6 Å². The molecule has 1 aromatic heterocycles. The van der Waals surface area contributed by atoms with E-state index in [0.29, 0.717) is 5.69 Å². The maximum absolute atomic E-state index is 12.3. The fourth-order valence-corrected chi connectivity index (χ4v) is 3.31. The van der Waals surface area contributed by atoms with Crippen LogP contribution in [0.25, 0.3) is 0 Å². The average molecular weight is 328 g/mol. The molecule has 9 heteroatoms. The van der Waals surface area contributed by atoms with E-state index in [0.717, 1.165) is 0 Å². The molecule has 0 aliphatic carbocycles. The second-order valence-electron chi connectivity index (χ2n) is 4.74. The lowest BCUT2D eigenvalue weighted by Crippen LogP contribution is -2.12. The highest BCUT2D eigenvalue weighted by atomic mass is 32.2. The standard InChI is InChI=1S/C12H16N4O3S2/c1-16-9-10(8-13-16)21(18,19)15-12-7-5-4-6-11(12)14-20(2,3)17/h4-9,15H,1-3H3. The van der Waals surface area contributed by atoms with E-state index in [1.54, 1.807) is 31.3 Å². The second kappa shape index (κ2) is 5.49. The highest BCUT2D eigenvalue weighted by Gasteiger charge is 2.17. The summed E-state index contributed by atoms with van der Waals surface area (Å²) in [7, 11) is -4.52. The van der Waals surface area contributed by atoms with Crippen LogP contribution in [0.1, 0.15) is 0 Å². The highest BCUT2D eigenvalue weighted by Crippen LogP contribution is 2.27. The van der Waals surface area contributed by atoms with Crippen molar-refractivity contribution in [2.45, 2.75) is 4.90 Å². The van der Waals surface area contributed by atoms with Gasteiger partial charge in [0.05, 0.1) is 17.6 Å². The summed E-state index contributed by atoms with van der Waals surface area (Å²) >= 11 is 0. The molecule has 0 fully saturated rings. The van der Waals surface area contributed by atoms with Gasteiger partial charge in [0.2, 0.25) is 0 Å². The molecule has 21 heavy (non-hydrogen) atoms. The third kappa shape index (κ3) is 4.05. The van der Waals surface area contributed by atoms with Crippen LogP contribution in [0.4, 0.5) is 11.4 Å². The topological polar surface area (TPSA) is 93.4 Å². The zero-order chi connectivity index (χ0) is 15.7. The van der Waals surface area contributed by atoms with Crippen LogP contribution in [0.2, 0.25) is 0 Å². The minimum Gasteiger partial charge on any atom is -0.277 e. The molecule has 0 saturated heterocycles. The molecular formula is C12H16N4O3S2. The molecule has 0 aliphatic heterocycles. The Bertz CT molecular complexity index is 869. The molecule has 0 atom stereocenters. The highest BCUT2D eigenvalue weighted by molar-refractivity contribution is 7.93. The van der Waals surface area contributed by atoms with Crippen LogP contribution >= 0.6 is 0 Å². The number of hydrogen-bond acceptors (Lipinski definition) is 5. The fourth-order valence-electron chi connectivity index (χ4n) is 1.62. The summed E-state index contributed by atoms with van der Waals surface area (Å²) in [4.78, 5) is 0.0496. The normalized spacial score (nSPS) is 12.1. The molecule has 2 aromatic rings. The Morgan fingerprint density at radius 3 is 2.43 bits per heavy atom. The van der Waals surface area contributed by atoms with E-state index in [1.165, 1.54) is 29.6 Å². The van der Waals surface area contributed by atoms with Gasteiger partial charge in [0, 0.05) is 35.5 Å². The van der Waals surface area contributed by atoms with E-state index in [1.807, 2.05) is 0 Å². The average Bonchev–Trinajstić information content (AvgIpc) is 2.77. The maximum Gasteiger partial charge on any atom is 0.265 e. The van der Waals surface area contributed by atoms with Crippen molar-refractivity contribution in [2.24, 2.45) is 11.4 Å². The third-order valence-corrected chi connectivity index (χ3v) is 4.41. The van der Waals surface area contributed by atoms with Gasteiger partial charge in [0.15, 0.2) is 0 Å². The predicted octanol–water partition coefficient (Wildman–Crippen LogP) is 1.58. The molecule has 7 nitrogen and oxygen atoms in total. The first-order valence-corrected chi connectivity index (χ1v) is 9.76. The summed E-state index contributed by atoms with van der Waals surface area (Å²) in [6.07, 6.45) is 5.62. The molecule has 0 unspecified atom stereocenters. The van der Waals surface area contributed by atoms with Gasteiger partial charge >= 0.3 is 0 Å². The number of aromatic nitrogens is 2. The van der Waals surface area contributed by atoms with Crippen LogP contribution < -0.4 is 4.72 Å². The van der Waals surface area contributed by atoms with Gasteiger partial charge in [-0.1, -0.05) is 12.1 Å². The smallest absolute Gasteiger partial charge is 0.265 e. The van der Waals surface area contributed by atoms with Crippen LogP contribution in [0, 0.1) is 0 Å². The SMILES string of the molecule is Cn1cc(S(=O)(=O)Nc2ccccc2N=S(C)(C)=O)cn1.